The molecule has 188 valence electrons. The van der Waals surface area contributed by atoms with Gasteiger partial charge in [-0.2, -0.15) is 0 Å². The Morgan fingerprint density at radius 3 is 2.06 bits per heavy atom. The van der Waals surface area contributed by atoms with Crippen molar-refractivity contribution < 1.29 is 20.1 Å². The van der Waals surface area contributed by atoms with Gasteiger partial charge in [-0.3, -0.25) is 4.79 Å². The molecule has 0 aromatic heterocycles. The molecule has 4 heteroatoms. The van der Waals surface area contributed by atoms with E-state index in [0.717, 1.165) is 64.2 Å². The van der Waals surface area contributed by atoms with E-state index in [1.54, 1.807) is 0 Å². The number of aliphatic hydroxyl groups is 2. The van der Waals surface area contributed by atoms with Crippen molar-refractivity contribution in [2.45, 2.75) is 111 Å². The maximum Gasteiger partial charge on any atom is 0.309 e. The minimum absolute atomic E-state index is 0.0559. The molecule has 3 N–H and O–H groups in total. The number of aliphatic carboxylic acids is 1. The second kappa shape index (κ2) is 7.45. The van der Waals surface area contributed by atoms with Gasteiger partial charge in [0.25, 0.3) is 0 Å². The maximum absolute atomic E-state index is 12.7. The molecule has 0 radical (unpaired) electrons. The van der Waals surface area contributed by atoms with Gasteiger partial charge in [0.1, 0.15) is 0 Å². The molecule has 0 aliphatic heterocycles. The molecule has 5 aliphatic rings. The predicted molar refractivity (Wildman–Crippen MR) is 130 cm³/mol. The fourth-order valence-electron chi connectivity index (χ4n) is 11.0. The van der Waals surface area contributed by atoms with Crippen LogP contribution in [0.15, 0.2) is 0 Å². The van der Waals surface area contributed by atoms with Crippen LogP contribution in [0.1, 0.15) is 105 Å². The summed E-state index contributed by atoms with van der Waals surface area (Å²) in [6, 6.07) is 0. The summed E-state index contributed by atoms with van der Waals surface area (Å²) >= 11 is 0. The Labute approximate surface area is 200 Å². The van der Waals surface area contributed by atoms with E-state index in [9.17, 15) is 20.1 Å². The van der Waals surface area contributed by atoms with Crippen LogP contribution in [0.3, 0.4) is 0 Å². The molecule has 0 aromatic rings. The van der Waals surface area contributed by atoms with E-state index in [-0.39, 0.29) is 40.3 Å². The normalized spacial score (nSPS) is 52.6. The highest BCUT2D eigenvalue weighted by Gasteiger charge is 2.68. The van der Waals surface area contributed by atoms with Gasteiger partial charge in [0, 0.05) is 6.61 Å². The molecular weight excluding hydrogens is 412 g/mol. The highest BCUT2D eigenvalue weighted by Crippen LogP contribution is 2.72. The van der Waals surface area contributed by atoms with Crippen molar-refractivity contribution >= 4 is 5.97 Å². The molecule has 5 saturated carbocycles. The van der Waals surface area contributed by atoms with Crippen molar-refractivity contribution in [3.05, 3.63) is 0 Å². The van der Waals surface area contributed by atoms with Crippen molar-refractivity contribution in [2.75, 3.05) is 6.61 Å². The SMILES string of the molecule is CC1(C)CC[C@]2(C(=O)O)CC[C@]3(CO)C(CCC4C3CCC3C(C)(C)[C@@H](O)CC[C@]43C)C2C1. The Kier molecular flexibility index (Phi) is 5.44. The van der Waals surface area contributed by atoms with Crippen molar-refractivity contribution in [3.8, 4) is 0 Å². The molecule has 0 aromatic carbocycles. The highest BCUT2D eigenvalue weighted by atomic mass is 16.4. The minimum Gasteiger partial charge on any atom is -0.481 e. The van der Waals surface area contributed by atoms with Gasteiger partial charge in [0.15, 0.2) is 0 Å². The zero-order valence-corrected chi connectivity index (χ0v) is 21.7. The lowest BCUT2D eigenvalue weighted by molar-refractivity contribution is -0.232. The number of fused-ring (bicyclic) bond motifs is 7. The third kappa shape index (κ3) is 3.11. The Balaban J connectivity index is 1.53. The average molecular weight is 461 g/mol. The molecule has 0 bridgehead atoms. The van der Waals surface area contributed by atoms with Gasteiger partial charge in [0.2, 0.25) is 0 Å². The van der Waals surface area contributed by atoms with Crippen LogP contribution in [0.5, 0.6) is 0 Å². The fourth-order valence-corrected chi connectivity index (χ4v) is 11.0. The summed E-state index contributed by atoms with van der Waals surface area (Å²) in [5, 5.41) is 32.4. The highest BCUT2D eigenvalue weighted by molar-refractivity contribution is 5.75. The summed E-state index contributed by atoms with van der Waals surface area (Å²) in [5.41, 5.74) is -0.352. The number of carboxylic acid groups (broad SMARTS) is 1. The Bertz CT molecular complexity index is 803. The molecule has 0 amide bonds. The molecular formula is C29H48O4. The largest absolute Gasteiger partial charge is 0.481 e. The number of carbonyl (C=O) groups is 1. The van der Waals surface area contributed by atoms with E-state index >= 15 is 0 Å². The molecule has 5 fully saturated rings. The third-order valence-electron chi connectivity index (χ3n) is 12.8. The molecule has 0 heterocycles. The molecule has 5 unspecified atom stereocenters. The summed E-state index contributed by atoms with van der Waals surface area (Å²) in [6.45, 7) is 11.9. The van der Waals surface area contributed by atoms with Crippen LogP contribution in [0, 0.1) is 56.7 Å². The predicted octanol–water partition coefficient (Wildman–Crippen LogP) is 5.90. The average Bonchev–Trinajstić information content (AvgIpc) is 2.75. The van der Waals surface area contributed by atoms with Crippen LogP contribution in [-0.2, 0) is 4.79 Å². The smallest absolute Gasteiger partial charge is 0.309 e. The standard InChI is InChI=1S/C29H48O4/c1-25(2)12-13-28(24(32)33)14-15-29(17-30)19-8-9-22-26(3,4)23(31)10-11-27(22,5)18(19)6-7-20(29)21(28)16-25/h18-23,30-31H,6-17H2,1-5H3,(H,32,33)/t18?,19?,20?,21?,22?,23-,27+,28-,29+/m0/s1. The maximum atomic E-state index is 12.7. The molecule has 0 spiro atoms. The zero-order chi connectivity index (χ0) is 24.0. The van der Waals surface area contributed by atoms with Gasteiger partial charge in [0.05, 0.1) is 11.5 Å². The Hall–Kier alpha value is -0.610. The summed E-state index contributed by atoms with van der Waals surface area (Å²) in [5.74, 6) is 1.55. The zero-order valence-electron chi connectivity index (χ0n) is 21.7. The van der Waals surface area contributed by atoms with E-state index in [1.165, 1.54) is 6.42 Å². The molecule has 33 heavy (non-hydrogen) atoms. The van der Waals surface area contributed by atoms with Crippen LogP contribution >= 0.6 is 0 Å². The van der Waals surface area contributed by atoms with E-state index in [2.05, 4.69) is 34.6 Å². The van der Waals surface area contributed by atoms with E-state index in [0.29, 0.717) is 23.7 Å². The van der Waals surface area contributed by atoms with Gasteiger partial charge in [-0.15, -0.1) is 0 Å². The Morgan fingerprint density at radius 1 is 0.788 bits per heavy atom. The molecule has 0 saturated heterocycles. The third-order valence-corrected chi connectivity index (χ3v) is 12.8. The second-order valence-electron chi connectivity index (χ2n) is 14.7. The van der Waals surface area contributed by atoms with Crippen LogP contribution in [0.4, 0.5) is 0 Å². The van der Waals surface area contributed by atoms with Crippen molar-refractivity contribution in [1.29, 1.82) is 0 Å². The van der Waals surface area contributed by atoms with E-state index in [4.69, 9.17) is 0 Å². The van der Waals surface area contributed by atoms with Crippen LogP contribution in [0.2, 0.25) is 0 Å². The minimum atomic E-state index is -0.580. The van der Waals surface area contributed by atoms with Crippen molar-refractivity contribution in [2.24, 2.45) is 56.7 Å². The Morgan fingerprint density at radius 2 is 1.39 bits per heavy atom. The number of hydrogen-bond donors (Lipinski definition) is 3. The molecule has 5 aliphatic carbocycles. The van der Waals surface area contributed by atoms with Crippen LogP contribution in [0.25, 0.3) is 0 Å². The molecule has 5 rings (SSSR count). The van der Waals surface area contributed by atoms with Gasteiger partial charge in [-0.25, -0.2) is 0 Å². The monoisotopic (exact) mass is 460 g/mol. The lowest BCUT2D eigenvalue weighted by Gasteiger charge is -2.69. The van der Waals surface area contributed by atoms with Crippen molar-refractivity contribution in [1.82, 2.24) is 0 Å². The summed E-state index contributed by atoms with van der Waals surface area (Å²) in [4.78, 5) is 12.7. The van der Waals surface area contributed by atoms with Gasteiger partial charge < -0.3 is 15.3 Å². The van der Waals surface area contributed by atoms with Gasteiger partial charge in [-0.05, 0) is 122 Å². The topological polar surface area (TPSA) is 77.8 Å². The molecule has 4 nitrogen and oxygen atoms in total. The first-order valence-electron chi connectivity index (χ1n) is 13.9. The first-order valence-corrected chi connectivity index (χ1v) is 13.9. The first kappa shape index (κ1) is 24.1. The number of rotatable bonds is 2. The number of carboxylic acids is 1. The number of aliphatic hydroxyl groups excluding tert-OH is 2. The van der Waals surface area contributed by atoms with Gasteiger partial charge in [-0.1, -0.05) is 34.6 Å². The van der Waals surface area contributed by atoms with E-state index < -0.39 is 11.4 Å². The first-order chi connectivity index (χ1) is 15.3. The summed E-state index contributed by atoms with van der Waals surface area (Å²) in [7, 11) is 0. The second-order valence-corrected chi connectivity index (χ2v) is 14.7. The lowest BCUT2D eigenvalue weighted by Crippen LogP contribution is -2.65. The molecule has 9 atom stereocenters. The van der Waals surface area contributed by atoms with Crippen LogP contribution < -0.4 is 0 Å². The van der Waals surface area contributed by atoms with Crippen LogP contribution in [-0.4, -0.2) is 34.0 Å². The fraction of sp³-hybridized carbons (Fsp3) is 0.966. The van der Waals surface area contributed by atoms with E-state index in [1.807, 2.05) is 0 Å². The van der Waals surface area contributed by atoms with Gasteiger partial charge >= 0.3 is 5.97 Å². The quantitative estimate of drug-likeness (QED) is 0.480. The van der Waals surface area contributed by atoms with Crippen molar-refractivity contribution in [3.63, 3.8) is 0 Å². The summed E-state index contributed by atoms with van der Waals surface area (Å²) in [6.07, 6.45) is 10.7. The number of hydrogen-bond acceptors (Lipinski definition) is 3. The summed E-state index contributed by atoms with van der Waals surface area (Å²) < 4.78 is 0. The lowest BCUT2D eigenvalue weighted by atomic mass is 9.35.